The summed E-state index contributed by atoms with van der Waals surface area (Å²) in [5.41, 5.74) is 0. The number of hydrogen-bond donors (Lipinski definition) is 1. The molecule has 4 nitrogen and oxygen atoms in total. The first-order chi connectivity index (χ1) is 6.31. The third-order valence-electron chi connectivity index (χ3n) is 1.72. The van der Waals surface area contributed by atoms with Crippen molar-refractivity contribution in [3.8, 4) is 11.6 Å². The predicted octanol–water partition coefficient (Wildman–Crippen LogP) is 0.976. The molecule has 13 heavy (non-hydrogen) atoms. The quantitative estimate of drug-likeness (QED) is 0.802. The summed E-state index contributed by atoms with van der Waals surface area (Å²) in [7, 11) is 0. The molecule has 1 atom stereocenters. The minimum Gasteiger partial charge on any atom is -0.483 e. The van der Waals surface area contributed by atoms with Crippen LogP contribution in [0.3, 0.4) is 0 Å². The summed E-state index contributed by atoms with van der Waals surface area (Å²) in [6.07, 6.45) is 1.31. The van der Waals surface area contributed by atoms with Gasteiger partial charge in [0, 0.05) is 6.20 Å². The lowest BCUT2D eigenvalue weighted by molar-refractivity contribution is 0.0406. The van der Waals surface area contributed by atoms with Crippen LogP contribution in [0.1, 0.15) is 0 Å². The van der Waals surface area contributed by atoms with Gasteiger partial charge in [-0.3, -0.25) is 0 Å². The number of halogens is 1. The van der Waals surface area contributed by atoms with Crippen LogP contribution in [0.25, 0.3) is 0 Å². The molecule has 1 aromatic rings. The Kier molecular flexibility index (Phi) is 2.37. The minimum atomic E-state index is -0.311. The normalized spacial score (nSPS) is 20.0. The molecule has 1 aliphatic heterocycles. The van der Waals surface area contributed by atoms with E-state index in [1.165, 1.54) is 0 Å². The highest BCUT2D eigenvalue weighted by molar-refractivity contribution is 9.10. The number of hydrogen-bond acceptors (Lipinski definition) is 4. The molecular formula is C8H8BrNO3. The minimum absolute atomic E-state index is 0.0619. The number of rotatable bonds is 1. The molecule has 0 aromatic carbocycles. The highest BCUT2D eigenvalue weighted by Gasteiger charge is 2.22. The Hall–Kier alpha value is -0.810. The topological polar surface area (TPSA) is 51.6 Å². The maximum atomic E-state index is 8.84. The summed E-state index contributed by atoms with van der Waals surface area (Å²) >= 11 is 3.32. The Morgan fingerprint density at radius 2 is 2.54 bits per heavy atom. The molecule has 1 N–H and O–H groups in total. The van der Waals surface area contributed by atoms with E-state index in [1.54, 1.807) is 12.3 Å². The van der Waals surface area contributed by atoms with Gasteiger partial charge in [-0.1, -0.05) is 0 Å². The van der Waals surface area contributed by atoms with Crippen LogP contribution in [0.4, 0.5) is 0 Å². The van der Waals surface area contributed by atoms with Crippen molar-refractivity contribution in [2.24, 2.45) is 0 Å². The molecule has 2 heterocycles. The Bertz CT molecular complexity index is 318. The van der Waals surface area contributed by atoms with Gasteiger partial charge in [-0.2, -0.15) is 0 Å². The third-order valence-corrected chi connectivity index (χ3v) is 2.34. The van der Waals surface area contributed by atoms with Crippen LogP contribution in [0.2, 0.25) is 0 Å². The summed E-state index contributed by atoms with van der Waals surface area (Å²) in [4.78, 5) is 3.99. The van der Waals surface area contributed by atoms with E-state index < -0.39 is 0 Å². The highest BCUT2D eigenvalue weighted by Crippen LogP contribution is 2.35. The molecule has 2 rings (SSSR count). The summed E-state index contributed by atoms with van der Waals surface area (Å²) in [5, 5.41) is 8.84. The SMILES string of the molecule is OC[C@H]1COc2c(Br)ccnc2O1. The summed E-state index contributed by atoms with van der Waals surface area (Å²) < 4.78 is 11.5. The molecule has 70 valence electrons. The fraction of sp³-hybridized carbons (Fsp3) is 0.375. The fourth-order valence-electron chi connectivity index (χ4n) is 1.08. The van der Waals surface area contributed by atoms with E-state index in [0.29, 0.717) is 18.2 Å². The van der Waals surface area contributed by atoms with Crippen molar-refractivity contribution in [2.75, 3.05) is 13.2 Å². The first kappa shape index (κ1) is 8.77. The van der Waals surface area contributed by atoms with Gasteiger partial charge in [-0.05, 0) is 22.0 Å². The second-order valence-electron chi connectivity index (χ2n) is 2.66. The molecular weight excluding hydrogens is 238 g/mol. The van der Waals surface area contributed by atoms with Gasteiger partial charge < -0.3 is 14.6 Å². The molecule has 0 saturated heterocycles. The van der Waals surface area contributed by atoms with Gasteiger partial charge >= 0.3 is 0 Å². The van der Waals surface area contributed by atoms with Crippen molar-refractivity contribution in [1.29, 1.82) is 0 Å². The van der Waals surface area contributed by atoms with E-state index in [9.17, 15) is 0 Å². The molecule has 5 heteroatoms. The van der Waals surface area contributed by atoms with E-state index in [4.69, 9.17) is 14.6 Å². The van der Waals surface area contributed by atoms with Gasteiger partial charge in [0.15, 0.2) is 11.9 Å². The lowest BCUT2D eigenvalue weighted by Gasteiger charge is -2.24. The van der Waals surface area contributed by atoms with E-state index in [2.05, 4.69) is 20.9 Å². The van der Waals surface area contributed by atoms with Gasteiger partial charge in [0.2, 0.25) is 0 Å². The van der Waals surface area contributed by atoms with Crippen LogP contribution in [0.5, 0.6) is 11.6 Å². The molecule has 0 bridgehead atoms. The Morgan fingerprint density at radius 1 is 1.69 bits per heavy atom. The zero-order valence-corrected chi connectivity index (χ0v) is 8.32. The number of ether oxygens (including phenoxy) is 2. The number of pyridine rings is 1. The zero-order valence-electron chi connectivity index (χ0n) is 6.74. The average molecular weight is 246 g/mol. The van der Waals surface area contributed by atoms with Gasteiger partial charge in [0.1, 0.15) is 6.61 Å². The predicted molar refractivity (Wildman–Crippen MR) is 48.9 cm³/mol. The molecule has 1 aromatic heterocycles. The van der Waals surface area contributed by atoms with Crippen LogP contribution < -0.4 is 9.47 Å². The standard InChI is InChI=1S/C8H8BrNO3/c9-6-1-2-10-8-7(6)12-4-5(3-11)13-8/h1-2,5,11H,3-4H2/t5-/m0/s1. The first-order valence-corrected chi connectivity index (χ1v) is 4.65. The average Bonchev–Trinajstić information content (AvgIpc) is 2.18. The zero-order chi connectivity index (χ0) is 9.26. The Balaban J connectivity index is 2.31. The monoisotopic (exact) mass is 245 g/mol. The van der Waals surface area contributed by atoms with Crippen LogP contribution in [0, 0.1) is 0 Å². The number of aliphatic hydroxyl groups is 1. The second kappa shape index (κ2) is 3.51. The van der Waals surface area contributed by atoms with Crippen LogP contribution in [0.15, 0.2) is 16.7 Å². The molecule has 0 radical (unpaired) electrons. The van der Waals surface area contributed by atoms with Crippen molar-refractivity contribution in [1.82, 2.24) is 4.98 Å². The fourth-order valence-corrected chi connectivity index (χ4v) is 1.48. The number of aliphatic hydroxyl groups excluding tert-OH is 1. The largest absolute Gasteiger partial charge is 0.483 e. The Morgan fingerprint density at radius 3 is 3.31 bits per heavy atom. The van der Waals surface area contributed by atoms with Crippen molar-refractivity contribution in [3.63, 3.8) is 0 Å². The van der Waals surface area contributed by atoms with E-state index >= 15 is 0 Å². The van der Waals surface area contributed by atoms with Crippen molar-refractivity contribution in [3.05, 3.63) is 16.7 Å². The van der Waals surface area contributed by atoms with Gasteiger partial charge in [0.25, 0.3) is 5.88 Å². The van der Waals surface area contributed by atoms with Crippen molar-refractivity contribution in [2.45, 2.75) is 6.10 Å². The molecule has 0 fully saturated rings. The van der Waals surface area contributed by atoms with E-state index in [0.717, 1.165) is 4.47 Å². The van der Waals surface area contributed by atoms with E-state index in [1.807, 2.05) is 0 Å². The molecule has 1 aliphatic rings. The van der Waals surface area contributed by atoms with Gasteiger partial charge in [-0.25, -0.2) is 4.98 Å². The molecule has 0 unspecified atom stereocenters. The van der Waals surface area contributed by atoms with Gasteiger partial charge in [0.05, 0.1) is 11.1 Å². The number of nitrogens with zero attached hydrogens (tertiary/aromatic N) is 1. The van der Waals surface area contributed by atoms with Crippen LogP contribution >= 0.6 is 15.9 Å². The second-order valence-corrected chi connectivity index (χ2v) is 3.51. The van der Waals surface area contributed by atoms with Crippen LogP contribution in [-0.2, 0) is 0 Å². The summed E-state index contributed by atoms with van der Waals surface area (Å²) in [6.45, 7) is 0.293. The molecule has 0 saturated carbocycles. The molecule has 0 aliphatic carbocycles. The summed E-state index contributed by atoms with van der Waals surface area (Å²) in [6, 6.07) is 1.78. The molecule has 0 amide bonds. The third kappa shape index (κ3) is 1.62. The van der Waals surface area contributed by atoms with Gasteiger partial charge in [-0.15, -0.1) is 0 Å². The smallest absolute Gasteiger partial charge is 0.258 e. The lowest BCUT2D eigenvalue weighted by Crippen LogP contribution is -2.32. The number of aromatic nitrogens is 1. The van der Waals surface area contributed by atoms with Crippen molar-refractivity contribution < 1.29 is 14.6 Å². The van der Waals surface area contributed by atoms with Crippen LogP contribution in [-0.4, -0.2) is 29.4 Å². The van der Waals surface area contributed by atoms with Crippen molar-refractivity contribution >= 4 is 15.9 Å². The highest BCUT2D eigenvalue weighted by atomic mass is 79.9. The Labute approximate surface area is 83.6 Å². The summed E-state index contributed by atoms with van der Waals surface area (Å²) in [5.74, 6) is 1.03. The van der Waals surface area contributed by atoms with E-state index in [-0.39, 0.29) is 12.7 Å². The maximum absolute atomic E-state index is 8.84. The lowest BCUT2D eigenvalue weighted by atomic mass is 10.3. The maximum Gasteiger partial charge on any atom is 0.258 e. The number of fused-ring (bicyclic) bond motifs is 1. The first-order valence-electron chi connectivity index (χ1n) is 3.86. The molecule has 0 spiro atoms.